The van der Waals surface area contributed by atoms with Crippen LogP contribution in [0, 0.1) is 23.2 Å². The molecule has 144 valence electrons. The third-order valence-corrected chi connectivity index (χ3v) is 7.03. The minimum absolute atomic E-state index is 0. The highest BCUT2D eigenvalue weighted by molar-refractivity contribution is 5.85. The van der Waals surface area contributed by atoms with Crippen molar-refractivity contribution in [3.05, 3.63) is 35.9 Å². The molecule has 3 fully saturated rings. The van der Waals surface area contributed by atoms with Crippen LogP contribution in [0.3, 0.4) is 0 Å². The van der Waals surface area contributed by atoms with E-state index in [9.17, 15) is 4.79 Å². The summed E-state index contributed by atoms with van der Waals surface area (Å²) in [6.45, 7) is 3.13. The van der Waals surface area contributed by atoms with Gasteiger partial charge in [-0.15, -0.1) is 12.4 Å². The molecule has 4 rings (SSSR count). The minimum Gasteiger partial charge on any atom is -0.356 e. The lowest BCUT2D eigenvalue weighted by atomic mass is 9.68. The summed E-state index contributed by atoms with van der Waals surface area (Å²) in [6, 6.07) is 10.6. The van der Waals surface area contributed by atoms with Gasteiger partial charge in [0.1, 0.15) is 0 Å². The fourth-order valence-corrected chi connectivity index (χ4v) is 5.72. The predicted octanol–water partition coefficient (Wildman–Crippen LogP) is 3.96. The molecule has 0 spiro atoms. The molecule has 4 atom stereocenters. The third kappa shape index (κ3) is 4.09. The van der Waals surface area contributed by atoms with Crippen LogP contribution >= 0.6 is 12.4 Å². The molecule has 1 heterocycles. The summed E-state index contributed by atoms with van der Waals surface area (Å²) in [5, 5.41) is 6.83. The maximum Gasteiger partial charge on any atom is 0.226 e. The van der Waals surface area contributed by atoms with Crippen molar-refractivity contribution in [2.45, 2.75) is 51.4 Å². The zero-order chi connectivity index (χ0) is 17.1. The Kier molecular flexibility index (Phi) is 6.63. The van der Waals surface area contributed by atoms with E-state index in [1.165, 1.54) is 37.7 Å². The molecule has 26 heavy (non-hydrogen) atoms. The number of carbonyl (C=O) groups excluding carboxylic acids is 1. The largest absolute Gasteiger partial charge is 0.356 e. The Morgan fingerprint density at radius 2 is 2.04 bits per heavy atom. The molecule has 4 unspecified atom stereocenters. The van der Waals surface area contributed by atoms with Crippen LogP contribution in [0.4, 0.5) is 0 Å². The number of fused-ring (bicyclic) bond motifs is 2. The number of halogens is 1. The van der Waals surface area contributed by atoms with Crippen LogP contribution in [0.15, 0.2) is 30.3 Å². The van der Waals surface area contributed by atoms with Crippen LogP contribution in [-0.4, -0.2) is 25.5 Å². The topological polar surface area (TPSA) is 41.1 Å². The van der Waals surface area contributed by atoms with Gasteiger partial charge in [-0.3, -0.25) is 4.79 Å². The maximum atomic E-state index is 13.3. The Morgan fingerprint density at radius 1 is 1.19 bits per heavy atom. The number of hydrogen-bond acceptors (Lipinski definition) is 2. The Hall–Kier alpha value is -1.06. The second kappa shape index (κ2) is 8.75. The van der Waals surface area contributed by atoms with Crippen LogP contribution in [0.2, 0.25) is 0 Å². The first-order valence-corrected chi connectivity index (χ1v) is 10.3. The first-order chi connectivity index (χ1) is 12.3. The van der Waals surface area contributed by atoms with Crippen LogP contribution in [0.1, 0.15) is 50.5 Å². The van der Waals surface area contributed by atoms with Crippen molar-refractivity contribution in [3.63, 3.8) is 0 Å². The highest BCUT2D eigenvalue weighted by Crippen LogP contribution is 2.57. The van der Waals surface area contributed by atoms with Crippen LogP contribution in [0.25, 0.3) is 0 Å². The van der Waals surface area contributed by atoms with Crippen molar-refractivity contribution in [1.29, 1.82) is 0 Å². The Morgan fingerprint density at radius 3 is 2.69 bits per heavy atom. The summed E-state index contributed by atoms with van der Waals surface area (Å²) in [4.78, 5) is 13.3. The highest BCUT2D eigenvalue weighted by atomic mass is 35.5. The van der Waals surface area contributed by atoms with E-state index in [1.54, 1.807) is 0 Å². The Bertz CT molecular complexity index is 587. The van der Waals surface area contributed by atoms with E-state index in [0.29, 0.717) is 11.8 Å². The van der Waals surface area contributed by atoms with Crippen molar-refractivity contribution in [1.82, 2.24) is 10.6 Å². The fraction of sp³-hybridized carbons (Fsp3) is 0.682. The summed E-state index contributed by atoms with van der Waals surface area (Å²) >= 11 is 0. The van der Waals surface area contributed by atoms with Gasteiger partial charge in [0.25, 0.3) is 0 Å². The number of carbonyl (C=O) groups is 1. The number of hydrogen-bond donors (Lipinski definition) is 2. The number of benzene rings is 1. The molecule has 1 aromatic carbocycles. The molecule has 1 aliphatic heterocycles. The van der Waals surface area contributed by atoms with Gasteiger partial charge in [0.05, 0.1) is 5.41 Å². The van der Waals surface area contributed by atoms with E-state index in [1.807, 2.05) is 0 Å². The van der Waals surface area contributed by atoms with Gasteiger partial charge in [0.2, 0.25) is 5.91 Å². The number of amides is 1. The molecule has 1 saturated heterocycles. The minimum atomic E-state index is -0.144. The lowest BCUT2D eigenvalue weighted by Gasteiger charge is -2.37. The standard InChI is InChI=1S/C22H32N2O.ClH/c25-21(24-12-10-18-7-4-11-23-16-18)22(14-17-5-2-1-3-6-17)15-19-8-9-20(22)13-19;/h1-3,5-6,18-20,23H,4,7-16H2,(H,24,25);1H. The van der Waals surface area contributed by atoms with Gasteiger partial charge in [-0.2, -0.15) is 0 Å². The number of nitrogens with one attached hydrogen (secondary N) is 2. The summed E-state index contributed by atoms with van der Waals surface area (Å²) in [5.74, 6) is 2.45. The molecule has 2 aliphatic carbocycles. The molecule has 0 radical (unpaired) electrons. The maximum absolute atomic E-state index is 13.3. The van der Waals surface area contributed by atoms with E-state index >= 15 is 0 Å². The fourth-order valence-electron chi connectivity index (χ4n) is 5.72. The molecule has 3 nitrogen and oxygen atoms in total. The zero-order valence-corrected chi connectivity index (χ0v) is 16.5. The van der Waals surface area contributed by atoms with E-state index in [4.69, 9.17) is 0 Å². The van der Waals surface area contributed by atoms with Gasteiger partial charge < -0.3 is 10.6 Å². The summed E-state index contributed by atoms with van der Waals surface area (Å²) in [5.41, 5.74) is 1.18. The molecule has 0 aromatic heterocycles. The Labute approximate surface area is 164 Å². The molecule has 3 aliphatic rings. The van der Waals surface area contributed by atoms with E-state index in [2.05, 4.69) is 41.0 Å². The lowest BCUT2D eigenvalue weighted by Crippen LogP contribution is -2.46. The Balaban J connectivity index is 0.00000196. The second-order valence-electron chi connectivity index (χ2n) is 8.66. The SMILES string of the molecule is Cl.O=C(NCCC1CCCNC1)C1(Cc2ccccc2)CC2CCC1C2. The van der Waals surface area contributed by atoms with Gasteiger partial charge in [0, 0.05) is 6.54 Å². The molecule has 2 N–H and O–H groups in total. The predicted molar refractivity (Wildman–Crippen MR) is 108 cm³/mol. The summed E-state index contributed by atoms with van der Waals surface area (Å²) in [7, 11) is 0. The molecule has 1 aromatic rings. The van der Waals surface area contributed by atoms with E-state index < -0.39 is 0 Å². The summed E-state index contributed by atoms with van der Waals surface area (Å²) in [6.07, 6.45) is 9.58. The molecule has 1 amide bonds. The van der Waals surface area contributed by atoms with E-state index in [-0.39, 0.29) is 17.8 Å². The molecular formula is C22H33ClN2O. The quantitative estimate of drug-likeness (QED) is 0.788. The van der Waals surface area contributed by atoms with Gasteiger partial charge in [-0.25, -0.2) is 0 Å². The smallest absolute Gasteiger partial charge is 0.226 e. The van der Waals surface area contributed by atoms with Crippen molar-refractivity contribution in [3.8, 4) is 0 Å². The van der Waals surface area contributed by atoms with Crippen molar-refractivity contribution in [2.75, 3.05) is 19.6 Å². The normalized spacial score (nSPS) is 32.8. The number of piperidine rings is 1. The van der Waals surface area contributed by atoms with Gasteiger partial charge in [0.15, 0.2) is 0 Å². The molecule has 2 bridgehead atoms. The van der Waals surface area contributed by atoms with Gasteiger partial charge in [-0.05, 0) is 81.4 Å². The zero-order valence-electron chi connectivity index (χ0n) is 15.7. The van der Waals surface area contributed by atoms with Crippen molar-refractivity contribution >= 4 is 18.3 Å². The van der Waals surface area contributed by atoms with Gasteiger partial charge in [-0.1, -0.05) is 36.8 Å². The summed E-state index contributed by atoms with van der Waals surface area (Å²) < 4.78 is 0. The van der Waals surface area contributed by atoms with Gasteiger partial charge >= 0.3 is 0 Å². The first kappa shape index (κ1) is 19.7. The monoisotopic (exact) mass is 376 g/mol. The lowest BCUT2D eigenvalue weighted by molar-refractivity contribution is -0.134. The van der Waals surface area contributed by atoms with Crippen LogP contribution in [-0.2, 0) is 11.2 Å². The average Bonchev–Trinajstić information content (AvgIpc) is 3.25. The molecule has 4 heteroatoms. The second-order valence-corrected chi connectivity index (χ2v) is 8.66. The highest BCUT2D eigenvalue weighted by Gasteiger charge is 2.55. The number of rotatable bonds is 6. The first-order valence-electron chi connectivity index (χ1n) is 10.3. The van der Waals surface area contributed by atoms with Crippen LogP contribution < -0.4 is 10.6 Å². The molecule has 2 saturated carbocycles. The van der Waals surface area contributed by atoms with Crippen molar-refractivity contribution in [2.24, 2.45) is 23.2 Å². The molecular weight excluding hydrogens is 344 g/mol. The van der Waals surface area contributed by atoms with Crippen molar-refractivity contribution < 1.29 is 4.79 Å². The van der Waals surface area contributed by atoms with E-state index in [0.717, 1.165) is 50.7 Å². The van der Waals surface area contributed by atoms with Crippen LogP contribution in [0.5, 0.6) is 0 Å². The third-order valence-electron chi connectivity index (χ3n) is 7.03. The average molecular weight is 377 g/mol.